The molecule has 3 aromatic carbocycles. The monoisotopic (exact) mass is 379 g/mol. The first-order valence-corrected chi connectivity index (χ1v) is 9.44. The van der Waals surface area contributed by atoms with E-state index >= 15 is 0 Å². The molecule has 4 aromatic rings. The fourth-order valence-corrected chi connectivity index (χ4v) is 3.95. The Morgan fingerprint density at radius 2 is 1.31 bits per heavy atom. The highest BCUT2D eigenvalue weighted by molar-refractivity contribution is 6.21. The average Bonchev–Trinajstić information content (AvgIpc) is 3.03. The van der Waals surface area contributed by atoms with Crippen LogP contribution in [-0.2, 0) is 0 Å². The Hall–Kier alpha value is -3.86. The number of hydrogen-bond donors (Lipinski definition) is 0. The minimum absolute atomic E-state index is 0.299. The van der Waals surface area contributed by atoms with Gasteiger partial charge in [0.2, 0.25) is 0 Å². The molecule has 0 saturated carbocycles. The Balaban J connectivity index is 1.70. The van der Waals surface area contributed by atoms with Crippen molar-refractivity contribution in [3.63, 3.8) is 0 Å². The number of aromatic nitrogens is 2. The van der Waals surface area contributed by atoms with Crippen molar-refractivity contribution in [2.45, 2.75) is 13.0 Å². The number of rotatable bonds is 3. The van der Waals surface area contributed by atoms with Crippen molar-refractivity contribution >= 4 is 22.7 Å². The van der Waals surface area contributed by atoms with Crippen molar-refractivity contribution in [1.82, 2.24) is 15.1 Å². The van der Waals surface area contributed by atoms with Gasteiger partial charge in [-0.2, -0.15) is 10.2 Å². The van der Waals surface area contributed by atoms with Crippen LogP contribution in [0.15, 0.2) is 78.9 Å². The van der Waals surface area contributed by atoms with Gasteiger partial charge in [0, 0.05) is 10.9 Å². The van der Waals surface area contributed by atoms with Gasteiger partial charge < -0.3 is 0 Å². The summed E-state index contributed by atoms with van der Waals surface area (Å²) in [7, 11) is 0. The van der Waals surface area contributed by atoms with E-state index in [1.807, 2.05) is 61.5 Å². The molecule has 2 amide bonds. The molecule has 29 heavy (non-hydrogen) atoms. The molecule has 0 fully saturated rings. The van der Waals surface area contributed by atoms with Crippen LogP contribution in [0.25, 0.3) is 22.0 Å². The molecule has 1 atom stereocenters. The quantitative estimate of drug-likeness (QED) is 0.486. The highest BCUT2D eigenvalue weighted by Gasteiger charge is 2.40. The van der Waals surface area contributed by atoms with Crippen molar-refractivity contribution < 1.29 is 9.59 Å². The maximum Gasteiger partial charge on any atom is 0.262 e. The van der Waals surface area contributed by atoms with E-state index in [9.17, 15) is 9.59 Å². The molecule has 1 aromatic heterocycles. The van der Waals surface area contributed by atoms with Crippen LogP contribution in [0.2, 0.25) is 0 Å². The Kier molecular flexibility index (Phi) is 3.95. The van der Waals surface area contributed by atoms with Gasteiger partial charge in [-0.05, 0) is 30.7 Å². The zero-order valence-electron chi connectivity index (χ0n) is 15.7. The normalized spacial score (nSPS) is 14.3. The second-order valence-corrected chi connectivity index (χ2v) is 7.05. The summed E-state index contributed by atoms with van der Waals surface area (Å²) in [5.41, 5.74) is 4.09. The lowest BCUT2D eigenvalue weighted by atomic mass is 9.96. The molecular formula is C24H17N3O2. The number of amides is 2. The van der Waals surface area contributed by atoms with Crippen molar-refractivity contribution in [1.29, 1.82) is 0 Å². The van der Waals surface area contributed by atoms with Gasteiger partial charge in [0.25, 0.3) is 11.8 Å². The lowest BCUT2D eigenvalue weighted by Crippen LogP contribution is -2.33. The number of carbonyl (C=O) groups is 2. The second-order valence-electron chi connectivity index (χ2n) is 7.05. The van der Waals surface area contributed by atoms with Crippen LogP contribution in [0.3, 0.4) is 0 Å². The van der Waals surface area contributed by atoms with Crippen LogP contribution >= 0.6 is 0 Å². The minimum atomic E-state index is -0.560. The molecule has 5 heteroatoms. The van der Waals surface area contributed by atoms with E-state index in [-0.39, 0.29) is 11.8 Å². The van der Waals surface area contributed by atoms with E-state index in [0.29, 0.717) is 16.8 Å². The van der Waals surface area contributed by atoms with Crippen LogP contribution in [0.5, 0.6) is 0 Å². The lowest BCUT2D eigenvalue weighted by molar-refractivity contribution is 0.0592. The summed E-state index contributed by atoms with van der Waals surface area (Å²) in [6.45, 7) is 1.83. The maximum absolute atomic E-state index is 13.0. The van der Waals surface area contributed by atoms with E-state index in [1.54, 1.807) is 24.3 Å². The minimum Gasteiger partial charge on any atom is -0.269 e. The van der Waals surface area contributed by atoms with E-state index in [2.05, 4.69) is 10.2 Å². The Bertz CT molecular complexity index is 1230. The van der Waals surface area contributed by atoms with Crippen LogP contribution in [0, 0.1) is 0 Å². The van der Waals surface area contributed by atoms with Gasteiger partial charge in [-0.3, -0.25) is 14.5 Å². The van der Waals surface area contributed by atoms with Crippen LogP contribution in [-0.4, -0.2) is 26.9 Å². The fraction of sp³-hybridized carbons (Fsp3) is 0.0833. The molecule has 0 bridgehead atoms. The largest absolute Gasteiger partial charge is 0.269 e. The smallest absolute Gasteiger partial charge is 0.262 e. The number of fused-ring (bicyclic) bond motifs is 2. The summed E-state index contributed by atoms with van der Waals surface area (Å²) in [5, 5.41) is 9.76. The molecule has 1 unspecified atom stereocenters. The molecule has 0 aliphatic carbocycles. The van der Waals surface area contributed by atoms with Gasteiger partial charge >= 0.3 is 0 Å². The second kappa shape index (κ2) is 6.63. The fourth-order valence-electron chi connectivity index (χ4n) is 3.95. The van der Waals surface area contributed by atoms with Crippen LogP contribution < -0.4 is 0 Å². The van der Waals surface area contributed by atoms with Gasteiger partial charge in [-0.25, -0.2) is 0 Å². The molecule has 0 saturated heterocycles. The number of carbonyl (C=O) groups excluding carboxylic acids is 2. The van der Waals surface area contributed by atoms with Crippen LogP contribution in [0.4, 0.5) is 0 Å². The molecule has 5 rings (SSSR count). The van der Waals surface area contributed by atoms with E-state index in [0.717, 1.165) is 22.0 Å². The summed E-state index contributed by atoms with van der Waals surface area (Å²) in [5.74, 6) is -0.598. The number of benzene rings is 3. The summed E-state index contributed by atoms with van der Waals surface area (Å²) in [6.07, 6.45) is 0. The lowest BCUT2D eigenvalue weighted by Gasteiger charge is -2.24. The van der Waals surface area contributed by atoms with E-state index in [1.165, 1.54) is 4.90 Å². The molecule has 2 heterocycles. The third kappa shape index (κ3) is 2.63. The van der Waals surface area contributed by atoms with Crippen molar-refractivity contribution in [2.75, 3.05) is 0 Å². The summed E-state index contributed by atoms with van der Waals surface area (Å²) < 4.78 is 0. The molecule has 5 nitrogen and oxygen atoms in total. The highest BCUT2D eigenvalue weighted by atomic mass is 16.2. The maximum atomic E-state index is 13.0. The number of hydrogen-bond acceptors (Lipinski definition) is 4. The summed E-state index contributed by atoms with van der Waals surface area (Å²) in [4.78, 5) is 27.3. The SMILES string of the molecule is CC(c1nnc2ccccc2c1-c1ccccc1)N1C(=O)c2ccccc2C1=O. The average molecular weight is 379 g/mol. The van der Waals surface area contributed by atoms with Gasteiger partial charge in [-0.1, -0.05) is 60.7 Å². The summed E-state index contributed by atoms with van der Waals surface area (Å²) >= 11 is 0. The molecule has 0 spiro atoms. The molecule has 0 N–H and O–H groups in total. The first-order valence-electron chi connectivity index (χ1n) is 9.44. The van der Waals surface area contributed by atoms with Gasteiger partial charge in [0.15, 0.2) is 0 Å². The molecule has 1 aliphatic heterocycles. The highest BCUT2D eigenvalue weighted by Crippen LogP contribution is 2.37. The number of nitrogens with zero attached hydrogens (tertiary/aromatic N) is 3. The first-order chi connectivity index (χ1) is 14.2. The Labute approximate surface area is 167 Å². The zero-order chi connectivity index (χ0) is 20.0. The number of imide groups is 1. The first kappa shape index (κ1) is 17.3. The molecule has 140 valence electrons. The summed E-state index contributed by atoms with van der Waals surface area (Å²) in [6, 6.07) is 24.0. The van der Waals surface area contributed by atoms with Gasteiger partial charge in [-0.15, -0.1) is 0 Å². The van der Waals surface area contributed by atoms with Crippen molar-refractivity contribution in [3.8, 4) is 11.1 Å². The van der Waals surface area contributed by atoms with Gasteiger partial charge in [0.05, 0.1) is 28.4 Å². The van der Waals surface area contributed by atoms with Crippen LogP contribution in [0.1, 0.15) is 39.4 Å². The standard InChI is InChI=1S/C24H17N3O2/c1-15(27-23(28)17-11-5-6-12-18(17)24(27)29)22-21(16-9-3-2-4-10-16)19-13-7-8-14-20(19)25-26-22/h2-15H,1H3. The third-order valence-corrected chi connectivity index (χ3v) is 5.37. The van der Waals surface area contributed by atoms with E-state index in [4.69, 9.17) is 0 Å². The predicted octanol–water partition coefficient (Wildman–Crippen LogP) is 4.65. The third-order valence-electron chi connectivity index (χ3n) is 5.37. The Morgan fingerprint density at radius 1 is 0.724 bits per heavy atom. The van der Waals surface area contributed by atoms with Gasteiger partial charge in [0.1, 0.15) is 0 Å². The topological polar surface area (TPSA) is 63.2 Å². The molecule has 0 radical (unpaired) electrons. The Morgan fingerprint density at radius 3 is 2.00 bits per heavy atom. The van der Waals surface area contributed by atoms with Crippen molar-refractivity contribution in [2.24, 2.45) is 0 Å². The molecule has 1 aliphatic rings. The zero-order valence-corrected chi connectivity index (χ0v) is 15.7. The predicted molar refractivity (Wildman–Crippen MR) is 110 cm³/mol. The molecular weight excluding hydrogens is 362 g/mol. The van der Waals surface area contributed by atoms with Crippen molar-refractivity contribution in [3.05, 3.63) is 95.7 Å². The van der Waals surface area contributed by atoms with E-state index < -0.39 is 6.04 Å².